The van der Waals surface area contributed by atoms with Crippen molar-refractivity contribution >= 4 is 64.1 Å². The van der Waals surface area contributed by atoms with Crippen LogP contribution in [0, 0.1) is 0 Å². The van der Waals surface area contributed by atoms with Crippen molar-refractivity contribution in [3.05, 3.63) is 47.5 Å². The van der Waals surface area contributed by atoms with Crippen LogP contribution < -0.4 is 4.90 Å². The predicted octanol–water partition coefficient (Wildman–Crippen LogP) is 6.31. The average Bonchev–Trinajstić information content (AvgIpc) is 3.13. The van der Waals surface area contributed by atoms with Crippen LogP contribution in [-0.4, -0.2) is 35.5 Å². The molecule has 1 fully saturated rings. The molecule has 0 atom stereocenters. The van der Waals surface area contributed by atoms with Crippen molar-refractivity contribution in [3.8, 4) is 0 Å². The minimum atomic E-state index is 0. The first-order valence-electron chi connectivity index (χ1n) is 8.48. The fourth-order valence-electron chi connectivity index (χ4n) is 3.26. The number of fused-ring (bicyclic) bond motifs is 2. The van der Waals surface area contributed by atoms with Crippen molar-refractivity contribution < 1.29 is 4.79 Å². The van der Waals surface area contributed by atoms with Crippen LogP contribution in [0.3, 0.4) is 0 Å². The first kappa shape index (κ1) is 19.9. The van der Waals surface area contributed by atoms with Gasteiger partial charge in [0, 0.05) is 27.1 Å². The summed E-state index contributed by atoms with van der Waals surface area (Å²) in [5, 5.41) is 0.717. The van der Waals surface area contributed by atoms with Crippen LogP contribution >= 0.6 is 47.5 Å². The Labute approximate surface area is 173 Å². The lowest BCUT2D eigenvalue weighted by Gasteiger charge is -2.31. The number of hydrogen-bond acceptors (Lipinski definition) is 4. The number of halogens is 2. The number of nitrogens with zero attached hydrogens (tertiary/aromatic N) is 2. The van der Waals surface area contributed by atoms with Gasteiger partial charge in [-0.2, -0.15) is 0 Å². The molecule has 2 aliphatic heterocycles. The second-order valence-corrected chi connectivity index (χ2v) is 8.75. The Morgan fingerprint density at radius 2 is 1.81 bits per heavy atom. The SMILES string of the molecule is Cl.O=C(SCCN1CCCC1)N1c2ccccc2Sc2ccc(Cl)cc21. The summed E-state index contributed by atoms with van der Waals surface area (Å²) in [7, 11) is 0. The highest BCUT2D eigenvalue weighted by Crippen LogP contribution is 2.49. The van der Waals surface area contributed by atoms with E-state index in [-0.39, 0.29) is 17.6 Å². The van der Waals surface area contributed by atoms with Crippen LogP contribution in [0.1, 0.15) is 12.8 Å². The van der Waals surface area contributed by atoms with Gasteiger partial charge in [0.1, 0.15) is 0 Å². The lowest BCUT2D eigenvalue weighted by molar-refractivity contribution is 0.266. The fourth-order valence-corrected chi connectivity index (χ4v) is 5.31. The van der Waals surface area contributed by atoms with E-state index >= 15 is 0 Å². The van der Waals surface area contributed by atoms with Crippen LogP contribution in [0.2, 0.25) is 5.02 Å². The van der Waals surface area contributed by atoms with E-state index in [1.807, 2.05) is 41.3 Å². The summed E-state index contributed by atoms with van der Waals surface area (Å²) in [6.07, 6.45) is 2.56. The molecule has 2 heterocycles. The number of amides is 1. The number of likely N-dealkylation sites (tertiary alicyclic amines) is 1. The number of carbonyl (C=O) groups excluding carboxylic acids is 1. The molecule has 3 nitrogen and oxygen atoms in total. The van der Waals surface area contributed by atoms with Crippen molar-refractivity contribution in [2.75, 3.05) is 30.3 Å². The molecule has 0 unspecified atom stereocenters. The number of para-hydroxylation sites is 1. The van der Waals surface area contributed by atoms with E-state index in [0.29, 0.717) is 5.02 Å². The third-order valence-corrected chi connectivity index (χ3v) is 6.68. The largest absolute Gasteiger partial charge is 0.303 e. The molecule has 0 spiro atoms. The van der Waals surface area contributed by atoms with Gasteiger partial charge in [0.2, 0.25) is 0 Å². The highest BCUT2D eigenvalue weighted by Gasteiger charge is 2.28. The third-order valence-electron chi connectivity index (χ3n) is 4.50. The predicted molar refractivity (Wildman–Crippen MR) is 115 cm³/mol. The average molecular weight is 427 g/mol. The molecule has 0 bridgehead atoms. The Kier molecular flexibility index (Phi) is 6.81. The number of carbonyl (C=O) groups is 1. The topological polar surface area (TPSA) is 23.6 Å². The van der Waals surface area contributed by atoms with Gasteiger partial charge < -0.3 is 4.90 Å². The van der Waals surface area contributed by atoms with Gasteiger partial charge >= 0.3 is 0 Å². The van der Waals surface area contributed by atoms with Crippen LogP contribution in [-0.2, 0) is 0 Å². The summed E-state index contributed by atoms with van der Waals surface area (Å²) < 4.78 is 0. The molecule has 0 N–H and O–H groups in total. The van der Waals surface area contributed by atoms with Crippen molar-refractivity contribution in [3.63, 3.8) is 0 Å². The quantitative estimate of drug-likeness (QED) is 0.573. The number of hydrogen-bond donors (Lipinski definition) is 0. The Morgan fingerprint density at radius 3 is 2.62 bits per heavy atom. The molecule has 2 aromatic carbocycles. The van der Waals surface area contributed by atoms with Gasteiger partial charge in [0.25, 0.3) is 5.24 Å². The van der Waals surface area contributed by atoms with Gasteiger partial charge in [-0.05, 0) is 56.3 Å². The highest BCUT2D eigenvalue weighted by molar-refractivity contribution is 8.14. The van der Waals surface area contributed by atoms with Gasteiger partial charge in [-0.15, -0.1) is 12.4 Å². The van der Waals surface area contributed by atoms with E-state index in [2.05, 4.69) is 11.0 Å². The first-order chi connectivity index (χ1) is 12.2. The zero-order valence-corrected chi connectivity index (χ0v) is 17.4. The van der Waals surface area contributed by atoms with Crippen LogP contribution in [0.25, 0.3) is 0 Å². The molecule has 4 rings (SSSR count). The summed E-state index contributed by atoms with van der Waals surface area (Å²) in [5.74, 6) is 0.820. The molecule has 0 aliphatic carbocycles. The molecule has 0 saturated carbocycles. The maximum atomic E-state index is 13.0. The van der Waals surface area contributed by atoms with E-state index in [0.717, 1.165) is 46.6 Å². The zero-order valence-electron chi connectivity index (χ0n) is 14.2. The van der Waals surface area contributed by atoms with E-state index < -0.39 is 0 Å². The molecule has 138 valence electrons. The Morgan fingerprint density at radius 1 is 1.08 bits per heavy atom. The molecule has 0 aromatic heterocycles. The van der Waals surface area contributed by atoms with Crippen LogP contribution in [0.4, 0.5) is 16.2 Å². The number of thioether (sulfide) groups is 1. The highest BCUT2D eigenvalue weighted by atomic mass is 35.5. The van der Waals surface area contributed by atoms with E-state index in [4.69, 9.17) is 11.6 Å². The second-order valence-electron chi connectivity index (χ2n) is 6.18. The summed E-state index contributed by atoms with van der Waals surface area (Å²) in [5.41, 5.74) is 1.83. The number of rotatable bonds is 3. The minimum Gasteiger partial charge on any atom is -0.303 e. The molecular formula is C19H20Cl2N2OS2. The number of benzene rings is 2. The summed E-state index contributed by atoms with van der Waals surface area (Å²) >= 11 is 9.29. The van der Waals surface area contributed by atoms with Crippen molar-refractivity contribution in [1.29, 1.82) is 0 Å². The normalized spacial score (nSPS) is 16.0. The number of anilines is 2. The maximum absolute atomic E-state index is 13.0. The summed E-state index contributed by atoms with van der Waals surface area (Å²) in [6, 6.07) is 13.8. The first-order valence-corrected chi connectivity index (χ1v) is 10.7. The van der Waals surface area contributed by atoms with Gasteiger partial charge in [0.05, 0.1) is 11.4 Å². The molecule has 7 heteroatoms. The molecule has 0 radical (unpaired) electrons. The van der Waals surface area contributed by atoms with Crippen LogP contribution in [0.15, 0.2) is 52.3 Å². The monoisotopic (exact) mass is 426 g/mol. The van der Waals surface area contributed by atoms with E-state index in [9.17, 15) is 4.79 Å². The molecule has 2 aliphatic rings. The summed E-state index contributed by atoms with van der Waals surface area (Å²) in [4.78, 5) is 19.5. The molecule has 2 aromatic rings. The standard InChI is InChI=1S/C19H19ClN2OS2.ClH/c20-14-7-8-18-16(13-14)22(15-5-1-2-6-17(15)25-18)19(23)24-12-11-21-9-3-4-10-21;/h1-2,5-8,13H,3-4,9-12H2;1H. The third kappa shape index (κ3) is 4.18. The lowest BCUT2D eigenvalue weighted by atomic mass is 10.2. The van der Waals surface area contributed by atoms with Gasteiger partial charge in [0.15, 0.2) is 0 Å². The molecular weight excluding hydrogens is 407 g/mol. The molecule has 1 saturated heterocycles. The van der Waals surface area contributed by atoms with Crippen LogP contribution in [0.5, 0.6) is 0 Å². The van der Waals surface area contributed by atoms with Gasteiger partial charge in [-0.3, -0.25) is 9.69 Å². The van der Waals surface area contributed by atoms with Crippen molar-refractivity contribution in [2.24, 2.45) is 0 Å². The molecule has 1 amide bonds. The smallest absolute Gasteiger partial charge is 0.290 e. The Hall–Kier alpha value is -0.850. The zero-order chi connectivity index (χ0) is 17.2. The Balaban J connectivity index is 0.00000196. The van der Waals surface area contributed by atoms with E-state index in [1.54, 1.807) is 11.8 Å². The van der Waals surface area contributed by atoms with Crippen molar-refractivity contribution in [1.82, 2.24) is 4.90 Å². The Bertz CT molecular complexity index is 797. The molecule has 26 heavy (non-hydrogen) atoms. The van der Waals surface area contributed by atoms with Gasteiger partial charge in [-0.25, -0.2) is 0 Å². The van der Waals surface area contributed by atoms with Gasteiger partial charge in [-0.1, -0.05) is 47.3 Å². The fraction of sp³-hybridized carbons (Fsp3) is 0.316. The lowest BCUT2D eigenvalue weighted by Crippen LogP contribution is -2.27. The second kappa shape index (κ2) is 8.89. The summed E-state index contributed by atoms with van der Waals surface area (Å²) in [6.45, 7) is 3.30. The minimum absolute atomic E-state index is 0. The maximum Gasteiger partial charge on any atom is 0.290 e. The van der Waals surface area contributed by atoms with E-state index in [1.165, 1.54) is 24.6 Å². The van der Waals surface area contributed by atoms with Crippen molar-refractivity contribution in [2.45, 2.75) is 22.6 Å².